The highest BCUT2D eigenvalue weighted by molar-refractivity contribution is 6.30. The monoisotopic (exact) mass is 273 g/mol. The Morgan fingerprint density at radius 2 is 2.00 bits per heavy atom. The van der Waals surface area contributed by atoms with Crippen LogP contribution in [0.15, 0.2) is 48.5 Å². The summed E-state index contributed by atoms with van der Waals surface area (Å²) in [5, 5.41) is 0.810. The summed E-state index contributed by atoms with van der Waals surface area (Å²) >= 11 is 6.00. The van der Waals surface area contributed by atoms with Crippen molar-refractivity contribution in [3.05, 3.63) is 70.2 Å². The van der Waals surface area contributed by atoms with Gasteiger partial charge in [-0.05, 0) is 41.7 Å². The first kappa shape index (κ1) is 12.7. The molecule has 0 saturated heterocycles. The largest absolute Gasteiger partial charge is 0.296 e. The summed E-state index contributed by atoms with van der Waals surface area (Å²) in [4.78, 5) is 5.61. The first-order chi connectivity index (χ1) is 9.33. The van der Waals surface area contributed by atoms with Crippen molar-refractivity contribution >= 4 is 11.6 Å². The van der Waals surface area contributed by atoms with Gasteiger partial charge in [0.2, 0.25) is 0 Å². The summed E-state index contributed by atoms with van der Waals surface area (Å²) in [5.41, 5.74) is 6.96. The van der Waals surface area contributed by atoms with E-state index in [1.165, 1.54) is 16.7 Å². The second kappa shape index (κ2) is 5.74. The molecule has 2 aromatic rings. The van der Waals surface area contributed by atoms with Gasteiger partial charge in [0, 0.05) is 5.02 Å². The molecule has 0 saturated carbocycles. The molecule has 3 heteroatoms. The van der Waals surface area contributed by atoms with Gasteiger partial charge in [0.25, 0.3) is 0 Å². The molecular weight excluding hydrogens is 258 g/mol. The fourth-order valence-corrected chi connectivity index (χ4v) is 2.70. The van der Waals surface area contributed by atoms with Crippen LogP contribution in [0.25, 0.3) is 0 Å². The second-order valence-electron chi connectivity index (χ2n) is 4.83. The lowest BCUT2D eigenvalue weighted by Crippen LogP contribution is -2.19. The molecule has 0 radical (unpaired) electrons. The molecule has 0 bridgehead atoms. The van der Waals surface area contributed by atoms with Crippen LogP contribution in [0.4, 0.5) is 0 Å². The van der Waals surface area contributed by atoms with Crippen LogP contribution in [0, 0.1) is 0 Å². The molecular formula is C16H16ClNO. The summed E-state index contributed by atoms with van der Waals surface area (Å²) in [5.74, 6) is 0. The van der Waals surface area contributed by atoms with E-state index in [9.17, 15) is 0 Å². The van der Waals surface area contributed by atoms with Crippen LogP contribution in [0.1, 0.15) is 29.2 Å². The molecule has 0 heterocycles. The van der Waals surface area contributed by atoms with E-state index in [4.69, 9.17) is 16.4 Å². The molecule has 98 valence electrons. The molecule has 1 aliphatic rings. The van der Waals surface area contributed by atoms with Gasteiger partial charge in [-0.15, -0.1) is 0 Å². The number of halogens is 1. The van der Waals surface area contributed by atoms with Gasteiger partial charge in [-0.3, -0.25) is 4.84 Å². The molecule has 19 heavy (non-hydrogen) atoms. The highest BCUT2D eigenvalue weighted by Gasteiger charge is 2.22. The summed E-state index contributed by atoms with van der Waals surface area (Å²) in [6.07, 6.45) is 2.12. The molecule has 0 amide bonds. The first-order valence-electron chi connectivity index (χ1n) is 6.52. The SMILES string of the molecule is Clc1ccc2c(c1)CCC2NOCc1ccccc1. The zero-order valence-electron chi connectivity index (χ0n) is 10.6. The summed E-state index contributed by atoms with van der Waals surface area (Å²) in [7, 11) is 0. The van der Waals surface area contributed by atoms with E-state index in [1.807, 2.05) is 24.3 Å². The van der Waals surface area contributed by atoms with Crippen LogP contribution < -0.4 is 5.48 Å². The predicted molar refractivity (Wildman–Crippen MR) is 76.9 cm³/mol. The van der Waals surface area contributed by atoms with Crippen molar-refractivity contribution < 1.29 is 4.84 Å². The number of benzene rings is 2. The maximum atomic E-state index is 6.00. The van der Waals surface area contributed by atoms with Crippen molar-refractivity contribution in [3.63, 3.8) is 0 Å². The predicted octanol–water partition coefficient (Wildman–Crippen LogP) is 4.05. The summed E-state index contributed by atoms with van der Waals surface area (Å²) < 4.78 is 0. The molecule has 1 aliphatic carbocycles. The molecule has 0 aliphatic heterocycles. The minimum absolute atomic E-state index is 0.274. The Morgan fingerprint density at radius 3 is 2.84 bits per heavy atom. The van der Waals surface area contributed by atoms with Crippen LogP contribution >= 0.6 is 11.6 Å². The quantitative estimate of drug-likeness (QED) is 0.849. The van der Waals surface area contributed by atoms with E-state index in [1.54, 1.807) is 0 Å². The number of aryl methyl sites for hydroxylation is 1. The van der Waals surface area contributed by atoms with Gasteiger partial charge in [-0.1, -0.05) is 48.0 Å². The third-order valence-electron chi connectivity index (χ3n) is 3.49. The fourth-order valence-electron chi connectivity index (χ4n) is 2.51. The lowest BCUT2D eigenvalue weighted by Gasteiger charge is -2.14. The Labute approximate surface area is 118 Å². The Hall–Kier alpha value is -1.35. The number of nitrogens with one attached hydrogen (secondary N) is 1. The zero-order chi connectivity index (χ0) is 13.1. The Balaban J connectivity index is 1.58. The number of fused-ring (bicyclic) bond motifs is 1. The second-order valence-corrected chi connectivity index (χ2v) is 5.26. The van der Waals surface area contributed by atoms with Crippen molar-refractivity contribution in [2.24, 2.45) is 0 Å². The maximum Gasteiger partial charge on any atom is 0.0933 e. The van der Waals surface area contributed by atoms with Crippen LogP contribution in [-0.2, 0) is 17.9 Å². The summed E-state index contributed by atoms with van der Waals surface area (Å²) in [6.45, 7) is 0.584. The van der Waals surface area contributed by atoms with Gasteiger partial charge in [0.1, 0.15) is 0 Å². The molecule has 0 fully saturated rings. The van der Waals surface area contributed by atoms with E-state index in [2.05, 4.69) is 29.7 Å². The summed E-state index contributed by atoms with van der Waals surface area (Å²) in [6, 6.07) is 16.5. The smallest absolute Gasteiger partial charge is 0.0933 e. The average molecular weight is 274 g/mol. The fraction of sp³-hybridized carbons (Fsp3) is 0.250. The van der Waals surface area contributed by atoms with E-state index in [0.717, 1.165) is 17.9 Å². The minimum atomic E-state index is 0.274. The minimum Gasteiger partial charge on any atom is -0.296 e. The van der Waals surface area contributed by atoms with Crippen LogP contribution in [0.3, 0.4) is 0 Å². The van der Waals surface area contributed by atoms with Crippen LogP contribution in [0.2, 0.25) is 5.02 Å². The molecule has 0 aromatic heterocycles. The lowest BCUT2D eigenvalue weighted by atomic mass is 10.1. The van der Waals surface area contributed by atoms with Gasteiger partial charge >= 0.3 is 0 Å². The topological polar surface area (TPSA) is 21.3 Å². The number of hydrogen-bond donors (Lipinski definition) is 1. The number of rotatable bonds is 4. The normalized spacial score (nSPS) is 17.4. The highest BCUT2D eigenvalue weighted by Crippen LogP contribution is 2.32. The van der Waals surface area contributed by atoms with Crippen molar-refractivity contribution in [2.45, 2.75) is 25.5 Å². The zero-order valence-corrected chi connectivity index (χ0v) is 11.4. The van der Waals surface area contributed by atoms with E-state index in [0.29, 0.717) is 6.61 Å². The Morgan fingerprint density at radius 1 is 1.16 bits per heavy atom. The molecule has 1 N–H and O–H groups in total. The van der Waals surface area contributed by atoms with Gasteiger partial charge in [-0.2, -0.15) is 5.48 Å². The van der Waals surface area contributed by atoms with Crippen molar-refractivity contribution in [1.29, 1.82) is 0 Å². The van der Waals surface area contributed by atoms with Gasteiger partial charge < -0.3 is 0 Å². The average Bonchev–Trinajstić information content (AvgIpc) is 2.82. The van der Waals surface area contributed by atoms with Gasteiger partial charge in [0.15, 0.2) is 0 Å². The van der Waals surface area contributed by atoms with E-state index in [-0.39, 0.29) is 6.04 Å². The molecule has 1 atom stereocenters. The van der Waals surface area contributed by atoms with Gasteiger partial charge in [0.05, 0.1) is 12.6 Å². The third kappa shape index (κ3) is 2.98. The first-order valence-corrected chi connectivity index (χ1v) is 6.90. The molecule has 2 aromatic carbocycles. The molecule has 3 rings (SSSR count). The molecule has 1 unspecified atom stereocenters. The standard InChI is InChI=1S/C16H16ClNO/c17-14-7-8-15-13(10-14)6-9-16(15)18-19-11-12-4-2-1-3-5-12/h1-5,7-8,10,16,18H,6,9,11H2. The van der Waals surface area contributed by atoms with E-state index < -0.39 is 0 Å². The van der Waals surface area contributed by atoms with Crippen molar-refractivity contribution in [3.8, 4) is 0 Å². The van der Waals surface area contributed by atoms with Gasteiger partial charge in [-0.25, -0.2) is 0 Å². The molecule has 2 nitrogen and oxygen atoms in total. The maximum absolute atomic E-state index is 6.00. The van der Waals surface area contributed by atoms with Crippen LogP contribution in [-0.4, -0.2) is 0 Å². The van der Waals surface area contributed by atoms with Crippen molar-refractivity contribution in [1.82, 2.24) is 5.48 Å². The lowest BCUT2D eigenvalue weighted by molar-refractivity contribution is 0.00332. The highest BCUT2D eigenvalue weighted by atomic mass is 35.5. The molecule has 0 spiro atoms. The Bertz CT molecular complexity index is 556. The number of hydroxylamine groups is 1. The number of hydrogen-bond acceptors (Lipinski definition) is 2. The van der Waals surface area contributed by atoms with Crippen LogP contribution in [0.5, 0.6) is 0 Å². The van der Waals surface area contributed by atoms with Crippen molar-refractivity contribution in [2.75, 3.05) is 0 Å². The van der Waals surface area contributed by atoms with E-state index >= 15 is 0 Å². The Kier molecular flexibility index (Phi) is 3.83. The third-order valence-corrected chi connectivity index (χ3v) is 3.73.